The molecule has 1 aromatic rings. The third-order valence-electron chi connectivity index (χ3n) is 4.40. The molecule has 0 aliphatic carbocycles. The molecule has 0 saturated heterocycles. The van der Waals surface area contributed by atoms with Crippen molar-refractivity contribution >= 4 is 5.91 Å². The van der Waals surface area contributed by atoms with Gasteiger partial charge in [0.2, 0.25) is 5.91 Å². The molecule has 0 N–H and O–H groups in total. The van der Waals surface area contributed by atoms with Crippen LogP contribution < -0.4 is 9.47 Å². The summed E-state index contributed by atoms with van der Waals surface area (Å²) in [4.78, 5) is 14.1. The largest absolute Gasteiger partial charge is 0.493 e. The Morgan fingerprint density at radius 3 is 2.42 bits per heavy atom. The SMILES string of the molecule is C=CC(=O)N1CCc2cc(OC)c(OC)cc2[C@@H]1CC(OC)OC. The minimum absolute atomic E-state index is 0.105. The van der Waals surface area contributed by atoms with Crippen molar-refractivity contribution in [2.75, 3.05) is 35.0 Å². The van der Waals surface area contributed by atoms with E-state index in [1.165, 1.54) is 6.08 Å². The normalized spacial score (nSPS) is 16.7. The maximum absolute atomic E-state index is 12.3. The molecule has 6 nitrogen and oxygen atoms in total. The van der Waals surface area contributed by atoms with Crippen LogP contribution in [-0.4, -0.2) is 52.1 Å². The zero-order valence-corrected chi connectivity index (χ0v) is 14.7. The van der Waals surface area contributed by atoms with Crippen molar-refractivity contribution in [3.05, 3.63) is 35.9 Å². The van der Waals surface area contributed by atoms with Crippen molar-refractivity contribution in [2.45, 2.75) is 25.2 Å². The molecule has 0 spiro atoms. The second kappa shape index (κ2) is 8.17. The molecule has 1 atom stereocenters. The van der Waals surface area contributed by atoms with Crippen LogP contribution in [0.2, 0.25) is 0 Å². The second-order valence-electron chi connectivity index (χ2n) is 5.54. The van der Waals surface area contributed by atoms with Crippen molar-refractivity contribution in [1.29, 1.82) is 0 Å². The van der Waals surface area contributed by atoms with E-state index >= 15 is 0 Å². The third-order valence-corrected chi connectivity index (χ3v) is 4.40. The van der Waals surface area contributed by atoms with Crippen molar-refractivity contribution in [3.63, 3.8) is 0 Å². The van der Waals surface area contributed by atoms with Crippen LogP contribution in [0.4, 0.5) is 0 Å². The van der Waals surface area contributed by atoms with Crippen molar-refractivity contribution in [1.82, 2.24) is 4.90 Å². The fraction of sp³-hybridized carbons (Fsp3) is 0.500. The number of hydrogen-bond donors (Lipinski definition) is 0. The third kappa shape index (κ3) is 3.55. The number of methoxy groups -OCH3 is 4. The Morgan fingerprint density at radius 2 is 1.88 bits per heavy atom. The molecule has 1 aromatic carbocycles. The quantitative estimate of drug-likeness (QED) is 0.565. The summed E-state index contributed by atoms with van der Waals surface area (Å²) in [6, 6.07) is 3.74. The first-order valence-electron chi connectivity index (χ1n) is 7.83. The molecule has 1 aliphatic heterocycles. The van der Waals surface area contributed by atoms with E-state index in [-0.39, 0.29) is 11.9 Å². The van der Waals surface area contributed by atoms with Crippen molar-refractivity contribution in [3.8, 4) is 11.5 Å². The molecular formula is C18H25NO5. The van der Waals surface area contributed by atoms with Gasteiger partial charge in [0, 0.05) is 27.2 Å². The van der Waals surface area contributed by atoms with E-state index in [4.69, 9.17) is 18.9 Å². The van der Waals surface area contributed by atoms with Crippen molar-refractivity contribution in [2.24, 2.45) is 0 Å². The number of nitrogens with zero attached hydrogens (tertiary/aromatic N) is 1. The van der Waals surface area contributed by atoms with E-state index in [1.807, 2.05) is 12.1 Å². The van der Waals surface area contributed by atoms with Crippen LogP contribution in [0.3, 0.4) is 0 Å². The van der Waals surface area contributed by atoms with Gasteiger partial charge >= 0.3 is 0 Å². The van der Waals surface area contributed by atoms with Gasteiger partial charge in [-0.2, -0.15) is 0 Å². The summed E-state index contributed by atoms with van der Waals surface area (Å²) in [6.07, 6.45) is 2.20. The fourth-order valence-electron chi connectivity index (χ4n) is 3.13. The van der Waals surface area contributed by atoms with E-state index in [0.717, 1.165) is 17.5 Å². The summed E-state index contributed by atoms with van der Waals surface area (Å²) in [5.74, 6) is 1.22. The molecule has 0 saturated carbocycles. The van der Waals surface area contributed by atoms with Gasteiger partial charge < -0.3 is 23.8 Å². The van der Waals surface area contributed by atoms with E-state index in [2.05, 4.69) is 6.58 Å². The van der Waals surface area contributed by atoms with E-state index in [0.29, 0.717) is 24.5 Å². The molecule has 0 unspecified atom stereocenters. The molecule has 24 heavy (non-hydrogen) atoms. The average molecular weight is 335 g/mol. The van der Waals surface area contributed by atoms with Gasteiger partial charge in [0.05, 0.1) is 20.3 Å². The summed E-state index contributed by atoms with van der Waals surface area (Å²) in [5.41, 5.74) is 2.16. The topological polar surface area (TPSA) is 57.2 Å². The minimum Gasteiger partial charge on any atom is -0.493 e. The van der Waals surface area contributed by atoms with Crippen LogP contribution in [0.1, 0.15) is 23.6 Å². The smallest absolute Gasteiger partial charge is 0.246 e. The molecule has 0 fully saturated rings. The number of benzene rings is 1. The minimum atomic E-state index is -0.408. The van der Waals surface area contributed by atoms with Gasteiger partial charge in [0.1, 0.15) is 0 Å². The molecule has 6 heteroatoms. The molecule has 1 aliphatic rings. The van der Waals surface area contributed by atoms with Crippen LogP contribution in [0.5, 0.6) is 11.5 Å². The molecule has 2 rings (SSSR count). The van der Waals surface area contributed by atoms with Gasteiger partial charge in [0.15, 0.2) is 17.8 Å². The molecule has 132 valence electrons. The zero-order chi connectivity index (χ0) is 17.7. The van der Waals surface area contributed by atoms with E-state index in [1.54, 1.807) is 33.3 Å². The maximum atomic E-state index is 12.3. The lowest BCUT2D eigenvalue weighted by atomic mass is 9.89. The lowest BCUT2D eigenvalue weighted by molar-refractivity contribution is -0.137. The Labute approximate surface area is 142 Å². The lowest BCUT2D eigenvalue weighted by Gasteiger charge is -2.38. The Hall–Kier alpha value is -2.05. The average Bonchev–Trinajstić information content (AvgIpc) is 2.63. The Kier molecular flexibility index (Phi) is 6.23. The number of carbonyl (C=O) groups is 1. The van der Waals surface area contributed by atoms with Gasteiger partial charge in [-0.25, -0.2) is 0 Å². The molecular weight excluding hydrogens is 310 g/mol. The predicted molar refractivity (Wildman–Crippen MR) is 90.3 cm³/mol. The number of rotatable bonds is 7. The number of ether oxygens (including phenoxy) is 4. The van der Waals surface area contributed by atoms with Crippen LogP contribution in [0.25, 0.3) is 0 Å². The number of amides is 1. The summed E-state index contributed by atoms with van der Waals surface area (Å²) < 4.78 is 21.5. The van der Waals surface area contributed by atoms with E-state index < -0.39 is 6.29 Å². The molecule has 1 heterocycles. The highest BCUT2D eigenvalue weighted by Gasteiger charge is 2.33. The van der Waals surface area contributed by atoms with Crippen molar-refractivity contribution < 1.29 is 23.7 Å². The van der Waals surface area contributed by atoms with Crippen LogP contribution in [0, 0.1) is 0 Å². The number of fused-ring (bicyclic) bond motifs is 1. The van der Waals surface area contributed by atoms with E-state index in [9.17, 15) is 4.79 Å². The van der Waals surface area contributed by atoms with Gasteiger partial charge in [-0.05, 0) is 35.8 Å². The second-order valence-corrected chi connectivity index (χ2v) is 5.54. The number of carbonyl (C=O) groups excluding carboxylic acids is 1. The zero-order valence-electron chi connectivity index (χ0n) is 14.7. The summed E-state index contributed by atoms with van der Waals surface area (Å²) in [6.45, 7) is 4.22. The lowest BCUT2D eigenvalue weighted by Crippen LogP contribution is -2.41. The first-order chi connectivity index (χ1) is 11.6. The molecule has 0 bridgehead atoms. The Bertz CT molecular complexity index is 597. The number of hydrogen-bond acceptors (Lipinski definition) is 5. The van der Waals surface area contributed by atoms with Crippen LogP contribution in [-0.2, 0) is 20.7 Å². The molecule has 0 aromatic heterocycles. The fourth-order valence-corrected chi connectivity index (χ4v) is 3.13. The molecule has 1 amide bonds. The van der Waals surface area contributed by atoms with Gasteiger partial charge in [-0.1, -0.05) is 6.58 Å². The highest BCUT2D eigenvalue weighted by molar-refractivity contribution is 5.87. The monoisotopic (exact) mass is 335 g/mol. The summed E-state index contributed by atoms with van der Waals surface area (Å²) in [5, 5.41) is 0. The first kappa shape index (κ1) is 18.3. The van der Waals surface area contributed by atoms with Gasteiger partial charge in [-0.3, -0.25) is 4.79 Å². The predicted octanol–water partition coefficient (Wildman–Crippen LogP) is 2.32. The Morgan fingerprint density at radius 1 is 1.25 bits per heavy atom. The van der Waals surface area contributed by atoms with Gasteiger partial charge in [0.25, 0.3) is 0 Å². The highest BCUT2D eigenvalue weighted by atomic mass is 16.7. The highest BCUT2D eigenvalue weighted by Crippen LogP contribution is 2.40. The standard InChI is InChI=1S/C18H25NO5/c1-6-17(20)19-8-7-12-9-15(21-2)16(22-3)10-13(12)14(19)11-18(23-4)24-5/h6,9-10,14,18H,1,7-8,11H2,2-5H3/t14-/m0/s1. The summed E-state index contributed by atoms with van der Waals surface area (Å²) in [7, 11) is 6.39. The summed E-state index contributed by atoms with van der Waals surface area (Å²) >= 11 is 0. The first-order valence-corrected chi connectivity index (χ1v) is 7.83. The van der Waals surface area contributed by atoms with Gasteiger partial charge in [-0.15, -0.1) is 0 Å². The maximum Gasteiger partial charge on any atom is 0.246 e. The van der Waals surface area contributed by atoms with Crippen LogP contribution >= 0.6 is 0 Å². The van der Waals surface area contributed by atoms with Crippen LogP contribution in [0.15, 0.2) is 24.8 Å². The Balaban J connectivity index is 2.48. The molecule has 0 radical (unpaired) electrons.